The lowest BCUT2D eigenvalue weighted by atomic mass is 10.0. The molecular formula is C19H23FN4O2. The Bertz CT molecular complexity index is 776. The number of hydrogen-bond acceptors (Lipinski definition) is 6. The van der Waals surface area contributed by atoms with Gasteiger partial charge in [0, 0.05) is 17.4 Å². The van der Waals surface area contributed by atoms with Gasteiger partial charge in [-0.25, -0.2) is 4.39 Å². The zero-order chi connectivity index (χ0) is 18.7. The van der Waals surface area contributed by atoms with Gasteiger partial charge in [-0.1, -0.05) is 13.8 Å². The van der Waals surface area contributed by atoms with Gasteiger partial charge < -0.3 is 20.2 Å². The van der Waals surface area contributed by atoms with E-state index < -0.39 is 11.9 Å². The average Bonchev–Trinajstić information content (AvgIpc) is 2.61. The van der Waals surface area contributed by atoms with E-state index in [0.717, 1.165) is 6.29 Å². The van der Waals surface area contributed by atoms with Crippen molar-refractivity contribution in [2.24, 2.45) is 0 Å². The van der Waals surface area contributed by atoms with Crippen LogP contribution in [0.5, 0.6) is 5.75 Å². The number of rotatable bonds is 6. The van der Waals surface area contributed by atoms with Crippen molar-refractivity contribution in [1.82, 2.24) is 10.6 Å². The summed E-state index contributed by atoms with van der Waals surface area (Å²) >= 11 is 0. The number of anilines is 3. The van der Waals surface area contributed by atoms with E-state index in [2.05, 4.69) is 10.6 Å². The SMILES string of the molecule is CCNC1(NCC)Oc2cc(N)ccc2N(c2ccc(F)cc2)C1C=O. The highest BCUT2D eigenvalue weighted by Gasteiger charge is 2.49. The number of carbonyl (C=O) groups excluding carboxylic acids is 1. The lowest BCUT2D eigenvalue weighted by Gasteiger charge is -2.49. The second-order valence-corrected chi connectivity index (χ2v) is 6.05. The third-order valence-corrected chi connectivity index (χ3v) is 4.32. The molecule has 3 rings (SSSR count). The average molecular weight is 358 g/mol. The Balaban J connectivity index is 2.21. The molecule has 0 bridgehead atoms. The van der Waals surface area contributed by atoms with E-state index in [1.165, 1.54) is 12.1 Å². The molecule has 0 fully saturated rings. The molecule has 0 radical (unpaired) electrons. The Morgan fingerprint density at radius 3 is 2.42 bits per heavy atom. The summed E-state index contributed by atoms with van der Waals surface area (Å²) in [6.07, 6.45) is 0.827. The van der Waals surface area contributed by atoms with Crippen molar-refractivity contribution in [1.29, 1.82) is 0 Å². The number of ether oxygens (including phenoxy) is 1. The number of nitrogens with zero attached hydrogens (tertiary/aromatic N) is 1. The Labute approximate surface area is 152 Å². The van der Waals surface area contributed by atoms with Crippen LogP contribution in [0.3, 0.4) is 0 Å². The normalized spacial score (nSPS) is 18.1. The third-order valence-electron chi connectivity index (χ3n) is 4.32. The van der Waals surface area contributed by atoms with E-state index in [0.29, 0.717) is 35.9 Å². The van der Waals surface area contributed by atoms with Gasteiger partial charge in [0.25, 0.3) is 0 Å². The van der Waals surface area contributed by atoms with Gasteiger partial charge >= 0.3 is 0 Å². The molecule has 4 N–H and O–H groups in total. The first-order valence-corrected chi connectivity index (χ1v) is 8.63. The van der Waals surface area contributed by atoms with E-state index in [-0.39, 0.29) is 5.82 Å². The molecule has 0 saturated carbocycles. The minimum absolute atomic E-state index is 0.341. The topological polar surface area (TPSA) is 79.6 Å². The summed E-state index contributed by atoms with van der Waals surface area (Å²) < 4.78 is 19.6. The largest absolute Gasteiger partial charge is 0.455 e. The molecule has 1 heterocycles. The molecule has 0 amide bonds. The van der Waals surface area contributed by atoms with Crippen molar-refractivity contribution in [2.75, 3.05) is 23.7 Å². The van der Waals surface area contributed by atoms with Gasteiger partial charge in [-0.2, -0.15) is 0 Å². The van der Waals surface area contributed by atoms with Crippen LogP contribution in [0, 0.1) is 5.82 Å². The summed E-state index contributed by atoms with van der Waals surface area (Å²) in [7, 11) is 0. The molecule has 1 unspecified atom stereocenters. The maximum Gasteiger partial charge on any atom is 0.245 e. The Morgan fingerprint density at radius 1 is 1.19 bits per heavy atom. The second-order valence-electron chi connectivity index (χ2n) is 6.05. The van der Waals surface area contributed by atoms with Crippen LogP contribution in [0.25, 0.3) is 0 Å². The molecule has 0 spiro atoms. The van der Waals surface area contributed by atoms with Crippen molar-refractivity contribution in [3.8, 4) is 5.75 Å². The standard InChI is InChI=1S/C19H23FN4O2/c1-3-22-19(23-4-2)18(12-25)24(15-8-5-13(20)6-9-15)16-10-7-14(21)11-17(16)26-19/h5-12,18,22-23H,3-4,21H2,1-2H3. The molecule has 1 atom stereocenters. The highest BCUT2D eigenvalue weighted by atomic mass is 19.1. The number of likely N-dealkylation sites (N-methyl/N-ethyl adjacent to an activating group) is 2. The lowest BCUT2D eigenvalue weighted by Crippen LogP contribution is -2.73. The molecule has 1 aliphatic rings. The number of fused-ring (bicyclic) bond motifs is 1. The fourth-order valence-corrected chi connectivity index (χ4v) is 3.30. The number of nitrogens with one attached hydrogen (secondary N) is 2. The number of hydrogen-bond donors (Lipinski definition) is 3. The first-order valence-electron chi connectivity index (χ1n) is 8.63. The summed E-state index contributed by atoms with van der Waals surface area (Å²) in [6.45, 7) is 5.02. The van der Waals surface area contributed by atoms with Crippen molar-refractivity contribution in [3.05, 3.63) is 48.3 Å². The summed E-state index contributed by atoms with van der Waals surface area (Å²) in [5.41, 5.74) is 7.85. The quantitative estimate of drug-likeness (QED) is 0.418. The first kappa shape index (κ1) is 18.2. The first-order chi connectivity index (χ1) is 12.5. The Hall–Kier alpha value is -2.64. The van der Waals surface area contributed by atoms with Crippen molar-refractivity contribution >= 4 is 23.3 Å². The van der Waals surface area contributed by atoms with Gasteiger partial charge in [0.05, 0.1) is 5.69 Å². The molecule has 138 valence electrons. The minimum Gasteiger partial charge on any atom is -0.455 e. The van der Waals surface area contributed by atoms with Crippen LogP contribution in [0.1, 0.15) is 13.8 Å². The van der Waals surface area contributed by atoms with Gasteiger partial charge in [0.2, 0.25) is 5.85 Å². The number of halogens is 1. The number of nitrogens with two attached hydrogens (primary N) is 1. The predicted molar refractivity (Wildman–Crippen MR) is 100.0 cm³/mol. The highest BCUT2D eigenvalue weighted by molar-refractivity contribution is 5.81. The van der Waals surface area contributed by atoms with Gasteiger partial charge in [0.15, 0.2) is 6.04 Å². The second kappa shape index (κ2) is 7.31. The van der Waals surface area contributed by atoms with Crippen LogP contribution >= 0.6 is 0 Å². The predicted octanol–water partition coefficient (Wildman–Crippen LogP) is 2.38. The van der Waals surface area contributed by atoms with E-state index in [1.807, 2.05) is 18.7 Å². The van der Waals surface area contributed by atoms with Crippen molar-refractivity contribution in [2.45, 2.75) is 25.7 Å². The van der Waals surface area contributed by atoms with Gasteiger partial charge in [-0.15, -0.1) is 0 Å². The summed E-state index contributed by atoms with van der Waals surface area (Å²) in [4.78, 5) is 14.0. The van der Waals surface area contributed by atoms with Crippen LogP contribution in [-0.2, 0) is 4.79 Å². The van der Waals surface area contributed by atoms with Crippen LogP contribution in [0.15, 0.2) is 42.5 Å². The zero-order valence-corrected chi connectivity index (χ0v) is 14.8. The van der Waals surface area contributed by atoms with Crippen molar-refractivity contribution < 1.29 is 13.9 Å². The van der Waals surface area contributed by atoms with E-state index in [4.69, 9.17) is 10.5 Å². The molecule has 1 aliphatic heterocycles. The Kier molecular flexibility index (Phi) is 5.11. The van der Waals surface area contributed by atoms with Crippen molar-refractivity contribution in [3.63, 3.8) is 0 Å². The summed E-state index contributed by atoms with van der Waals surface area (Å²) in [6, 6.07) is 10.6. The number of aldehydes is 1. The van der Waals surface area contributed by atoms with Gasteiger partial charge in [-0.3, -0.25) is 10.6 Å². The maximum atomic E-state index is 13.4. The highest BCUT2D eigenvalue weighted by Crippen LogP contribution is 2.43. The number of benzene rings is 2. The number of nitrogen functional groups attached to an aromatic ring is 1. The third kappa shape index (κ3) is 3.11. The summed E-state index contributed by atoms with van der Waals surface area (Å²) in [5.74, 6) is -0.943. The molecule has 26 heavy (non-hydrogen) atoms. The molecule has 7 heteroatoms. The molecule has 0 aromatic heterocycles. The fraction of sp³-hybridized carbons (Fsp3) is 0.316. The van der Waals surface area contributed by atoms with Gasteiger partial charge in [-0.05, 0) is 49.5 Å². The molecule has 0 saturated heterocycles. The zero-order valence-electron chi connectivity index (χ0n) is 14.8. The molecular weight excluding hydrogens is 335 g/mol. The Morgan fingerprint density at radius 2 is 1.85 bits per heavy atom. The van der Waals surface area contributed by atoms with E-state index >= 15 is 0 Å². The number of carbonyl (C=O) groups is 1. The molecule has 6 nitrogen and oxygen atoms in total. The van der Waals surface area contributed by atoms with Crippen LogP contribution in [-0.4, -0.2) is 31.3 Å². The smallest absolute Gasteiger partial charge is 0.245 e. The monoisotopic (exact) mass is 358 g/mol. The van der Waals surface area contributed by atoms with Crippen LogP contribution in [0.2, 0.25) is 0 Å². The minimum atomic E-state index is -1.14. The van der Waals surface area contributed by atoms with Crippen LogP contribution < -0.4 is 26.0 Å². The fourth-order valence-electron chi connectivity index (χ4n) is 3.30. The maximum absolute atomic E-state index is 13.4. The van der Waals surface area contributed by atoms with Gasteiger partial charge in [0.1, 0.15) is 17.9 Å². The lowest BCUT2D eigenvalue weighted by molar-refractivity contribution is -0.117. The van der Waals surface area contributed by atoms with Crippen LogP contribution in [0.4, 0.5) is 21.5 Å². The molecule has 0 aliphatic carbocycles. The van der Waals surface area contributed by atoms with E-state index in [1.54, 1.807) is 30.3 Å². The summed E-state index contributed by atoms with van der Waals surface area (Å²) in [5, 5.41) is 6.50. The molecule has 2 aromatic rings. The van der Waals surface area contributed by atoms with E-state index in [9.17, 15) is 9.18 Å². The molecule has 2 aromatic carbocycles.